The average molecular weight is 1000 g/mol. The number of morpholine rings is 1. The highest BCUT2D eigenvalue weighted by atomic mass is 16.6. The lowest BCUT2D eigenvalue weighted by Gasteiger charge is -2.24. The van der Waals surface area contributed by atoms with Crippen molar-refractivity contribution in [2.45, 2.75) is 67.2 Å². The van der Waals surface area contributed by atoms with Gasteiger partial charge in [0.15, 0.2) is 11.4 Å². The van der Waals surface area contributed by atoms with E-state index in [9.17, 15) is 9.59 Å². The first-order valence-electron chi connectivity index (χ1n) is 23.7. The second-order valence-electron chi connectivity index (χ2n) is 17.0. The molecule has 1 saturated heterocycles. The van der Waals surface area contributed by atoms with Gasteiger partial charge in [0, 0.05) is 49.4 Å². The maximum absolute atomic E-state index is 12.5. The van der Waals surface area contributed by atoms with Crippen molar-refractivity contribution in [3.8, 4) is 24.2 Å². The number of carbonyl (C=O) groups is 2. The number of benzene rings is 2. The summed E-state index contributed by atoms with van der Waals surface area (Å²) in [6.07, 6.45) is 7.91. The van der Waals surface area contributed by atoms with Crippen molar-refractivity contribution in [1.29, 1.82) is 0 Å². The van der Waals surface area contributed by atoms with Crippen LogP contribution in [0, 0.1) is 24.2 Å². The second-order valence-corrected chi connectivity index (χ2v) is 17.0. The topological polar surface area (TPSA) is 200 Å². The molecule has 1 heterocycles. The number of hydrogen-bond donors (Lipinski definition) is 2. The van der Waals surface area contributed by atoms with Gasteiger partial charge in [-0.25, -0.2) is 0 Å². The van der Waals surface area contributed by atoms with Crippen LogP contribution in [0.15, 0.2) is 124 Å². The molecule has 0 aromatic heterocycles. The van der Waals surface area contributed by atoms with Gasteiger partial charge in [0.2, 0.25) is 0 Å². The number of nitrogens with zero attached hydrogens (tertiary/aromatic N) is 7. The van der Waals surface area contributed by atoms with Gasteiger partial charge in [-0.3, -0.25) is 14.5 Å². The molecule has 2 amide bonds. The van der Waals surface area contributed by atoms with Crippen LogP contribution in [-0.2, 0) is 43.4 Å². The molecule has 2 aliphatic carbocycles. The number of oxime groups is 6. The zero-order valence-corrected chi connectivity index (χ0v) is 44.3. The van der Waals surface area contributed by atoms with Crippen LogP contribution in [0.3, 0.4) is 0 Å². The van der Waals surface area contributed by atoms with Crippen molar-refractivity contribution >= 4 is 46.1 Å². The van der Waals surface area contributed by atoms with Gasteiger partial charge in [-0.1, -0.05) is 95.3 Å². The monoisotopic (exact) mass is 1000 g/mol. The number of ether oxygens (including phenoxy) is 1. The standard InChI is InChI=1S/C30H39N5O5.C25H30N4O4/c1-21-18-26(27(19-22(21)2)29(34-38-6)30(36)31-4)20-40-32-23(3)28(33-37-5)25-11-9-24(10-12-25)8-7-13-35-14-16-39-17-15-35;1-8-19-9-11-20(12-10-19)23(28-31-6)18(4)27-33-15-21-13-16(2)17(3)14-22(21)24(29-32-7)25(30)26-5/h9-12H,13-20H2,1-6H3,(H,31,36);1,9-12H,13-15H2,2-7H3,(H,26,30)/b32-23+,33-28-,34-29+;27-18+,28-23-,29-24+. The Kier molecular flexibility index (Phi) is 23.9. The molecular formula is C55H69N9O9. The van der Waals surface area contributed by atoms with Crippen LogP contribution in [0.4, 0.5) is 0 Å². The lowest BCUT2D eigenvalue weighted by molar-refractivity contribution is -0.115. The van der Waals surface area contributed by atoms with E-state index in [-0.39, 0.29) is 36.5 Å². The van der Waals surface area contributed by atoms with Crippen molar-refractivity contribution in [1.82, 2.24) is 15.5 Å². The van der Waals surface area contributed by atoms with Crippen LogP contribution in [0.25, 0.3) is 0 Å². The molecule has 1 aliphatic heterocycles. The molecule has 3 aliphatic rings. The van der Waals surface area contributed by atoms with Gasteiger partial charge in [0.25, 0.3) is 11.8 Å². The number of nitrogens with one attached hydrogen (secondary N) is 2. The minimum absolute atomic E-state index is 0.188. The minimum Gasteiger partial charge on any atom is -0.399 e. The van der Waals surface area contributed by atoms with Gasteiger partial charge in [0.05, 0.1) is 19.8 Å². The molecule has 2 aromatic carbocycles. The van der Waals surface area contributed by atoms with E-state index in [0.717, 1.165) is 77.4 Å². The fourth-order valence-corrected chi connectivity index (χ4v) is 7.69. The predicted molar refractivity (Wildman–Crippen MR) is 286 cm³/mol. The smallest absolute Gasteiger partial charge is 0.273 e. The molecule has 0 atom stereocenters. The third-order valence-corrected chi connectivity index (χ3v) is 12.0. The van der Waals surface area contributed by atoms with Crippen LogP contribution in [0.5, 0.6) is 0 Å². The van der Waals surface area contributed by atoms with Crippen LogP contribution in [0.2, 0.25) is 0 Å². The first kappa shape index (κ1) is 57.8. The van der Waals surface area contributed by atoms with Crippen LogP contribution < -0.4 is 10.6 Å². The third kappa shape index (κ3) is 17.2. The van der Waals surface area contributed by atoms with E-state index in [1.807, 2.05) is 62.4 Å². The summed E-state index contributed by atoms with van der Waals surface area (Å²) in [5.74, 6) is 8.40. The number of hydrogen-bond acceptors (Lipinski definition) is 16. The Morgan fingerprint density at radius 1 is 0.589 bits per heavy atom. The summed E-state index contributed by atoms with van der Waals surface area (Å²) in [5.41, 5.74) is 14.2. The molecule has 18 nitrogen and oxygen atoms in total. The normalized spacial score (nSPS) is 16.4. The van der Waals surface area contributed by atoms with E-state index in [1.165, 1.54) is 50.7 Å². The van der Waals surface area contributed by atoms with E-state index in [4.69, 9.17) is 40.2 Å². The zero-order valence-electron chi connectivity index (χ0n) is 44.3. The summed E-state index contributed by atoms with van der Waals surface area (Å²) >= 11 is 0. The fraction of sp³-hybridized carbons (Fsp3) is 0.418. The molecule has 18 heteroatoms. The highest BCUT2D eigenvalue weighted by Gasteiger charge is 2.27. The third-order valence-electron chi connectivity index (χ3n) is 12.0. The Bertz CT molecular complexity index is 2700. The highest BCUT2D eigenvalue weighted by Crippen LogP contribution is 2.32. The molecule has 73 heavy (non-hydrogen) atoms. The molecular weight excluding hydrogens is 931 g/mol. The van der Waals surface area contributed by atoms with Crippen molar-refractivity contribution in [3.05, 3.63) is 115 Å². The summed E-state index contributed by atoms with van der Waals surface area (Å²) in [4.78, 5) is 58.6. The molecule has 388 valence electrons. The van der Waals surface area contributed by atoms with Crippen LogP contribution in [0.1, 0.15) is 89.5 Å². The van der Waals surface area contributed by atoms with Gasteiger partial charge in [-0.05, 0) is 114 Å². The molecule has 0 radical (unpaired) electrons. The van der Waals surface area contributed by atoms with Gasteiger partial charge >= 0.3 is 0 Å². The van der Waals surface area contributed by atoms with Gasteiger partial charge in [-0.15, -0.1) is 6.42 Å². The number of rotatable bonds is 19. The van der Waals surface area contributed by atoms with Crippen molar-refractivity contribution < 1.29 is 43.4 Å². The van der Waals surface area contributed by atoms with E-state index in [0.29, 0.717) is 48.5 Å². The molecule has 1 fully saturated rings. The van der Waals surface area contributed by atoms with Crippen molar-refractivity contribution in [2.24, 2.45) is 30.9 Å². The molecule has 0 spiro atoms. The van der Waals surface area contributed by atoms with Crippen molar-refractivity contribution in [3.63, 3.8) is 0 Å². The molecule has 0 unspecified atom stereocenters. The minimum atomic E-state index is -0.318. The number of terminal acetylenes is 1. The number of carbonyl (C=O) groups excluding carboxylic acids is 2. The Hall–Kier alpha value is -7.80. The number of amides is 2. The molecule has 0 bridgehead atoms. The first-order chi connectivity index (χ1) is 35.2. The number of allylic oxidation sites excluding steroid dienone is 4. The van der Waals surface area contributed by atoms with Crippen LogP contribution >= 0.6 is 0 Å². The summed E-state index contributed by atoms with van der Waals surface area (Å²) in [6.45, 7) is 16.3. The maximum atomic E-state index is 12.5. The maximum Gasteiger partial charge on any atom is 0.273 e. The van der Waals surface area contributed by atoms with Gasteiger partial charge in [0.1, 0.15) is 64.5 Å². The lowest BCUT2D eigenvalue weighted by Crippen LogP contribution is -2.36. The average Bonchev–Trinajstić information content (AvgIpc) is 3.40. The summed E-state index contributed by atoms with van der Waals surface area (Å²) in [5, 5.41) is 30.0. The quantitative estimate of drug-likeness (QED) is 0.0648. The zero-order chi connectivity index (χ0) is 53.3. The van der Waals surface area contributed by atoms with Gasteiger partial charge < -0.3 is 44.4 Å². The summed E-state index contributed by atoms with van der Waals surface area (Å²) < 4.78 is 5.38. The molecule has 2 N–H and O–H groups in total. The molecule has 0 saturated carbocycles. The first-order valence-corrected chi connectivity index (χ1v) is 23.7. The Balaban J connectivity index is 0.000000323. The molecule has 2 aromatic rings. The van der Waals surface area contributed by atoms with Gasteiger partial charge in [-0.2, -0.15) is 0 Å². The van der Waals surface area contributed by atoms with E-state index < -0.39 is 0 Å². The highest BCUT2D eigenvalue weighted by molar-refractivity contribution is 6.48. The largest absolute Gasteiger partial charge is 0.399 e. The summed E-state index contributed by atoms with van der Waals surface area (Å²) in [7, 11) is 8.92. The second kappa shape index (κ2) is 30.2. The predicted octanol–water partition coefficient (Wildman–Crippen LogP) is 6.87. The lowest BCUT2D eigenvalue weighted by atomic mass is 9.85. The van der Waals surface area contributed by atoms with Crippen molar-refractivity contribution in [2.75, 3.05) is 88.6 Å². The summed E-state index contributed by atoms with van der Waals surface area (Å²) in [6, 6.07) is 15.1. The SMILES string of the molecule is C#Cc1ccc(C(=N\OC)/C(C)=N/OCC2=C(/C(=N\OC)C(=O)NC)CC(C)=C(C)C2)cc1.CNC(=O)/C(=N/OC)C1=C(CO/N=C(C)/C(=N/OC)c2ccc(C#CCN3CCOCC3)cc2)CC(C)=C(C)C1. The Labute approximate surface area is 429 Å². The Morgan fingerprint density at radius 3 is 1.36 bits per heavy atom. The van der Waals surface area contributed by atoms with E-state index in [2.05, 4.69) is 85.0 Å². The Morgan fingerprint density at radius 2 is 0.973 bits per heavy atom. The van der Waals surface area contributed by atoms with E-state index in [1.54, 1.807) is 21.0 Å². The van der Waals surface area contributed by atoms with E-state index >= 15 is 0 Å². The molecule has 5 rings (SSSR count). The van der Waals surface area contributed by atoms with Crippen LogP contribution in [-0.4, -0.2) is 140 Å². The fourth-order valence-electron chi connectivity index (χ4n) is 7.69.